The van der Waals surface area contributed by atoms with Gasteiger partial charge in [-0.2, -0.15) is 0 Å². The van der Waals surface area contributed by atoms with Gasteiger partial charge in [0, 0.05) is 18.2 Å². The Labute approximate surface area is 110 Å². The van der Waals surface area contributed by atoms with Crippen LogP contribution in [0.3, 0.4) is 0 Å². The minimum absolute atomic E-state index is 0.692. The van der Waals surface area contributed by atoms with Gasteiger partial charge in [-0.3, -0.25) is 0 Å². The molecule has 2 heteroatoms. The van der Waals surface area contributed by atoms with Crippen molar-refractivity contribution in [3.05, 3.63) is 35.9 Å². The molecule has 0 radical (unpaired) electrons. The maximum atomic E-state index is 3.44. The minimum Gasteiger partial charge on any atom is -0.305 e. The lowest BCUT2D eigenvalue weighted by atomic mass is 10.0. The van der Waals surface area contributed by atoms with Gasteiger partial charge < -0.3 is 10.2 Å². The van der Waals surface area contributed by atoms with Gasteiger partial charge in [-0.1, -0.05) is 36.5 Å². The molecule has 1 saturated heterocycles. The molecule has 1 N–H and O–H groups in total. The predicted molar refractivity (Wildman–Crippen MR) is 76.5 cm³/mol. The molecule has 0 aromatic heterocycles. The van der Waals surface area contributed by atoms with E-state index in [4.69, 9.17) is 0 Å². The number of benzene rings is 1. The van der Waals surface area contributed by atoms with Crippen LogP contribution < -0.4 is 5.32 Å². The minimum atomic E-state index is 0.692. The number of hydrogen-bond acceptors (Lipinski definition) is 2. The van der Waals surface area contributed by atoms with Crippen LogP contribution in [-0.4, -0.2) is 37.6 Å². The summed E-state index contributed by atoms with van der Waals surface area (Å²) in [5.74, 6) is 6.34. The highest BCUT2D eigenvalue weighted by Crippen LogP contribution is 2.13. The van der Waals surface area contributed by atoms with E-state index in [0.717, 1.165) is 18.7 Å². The van der Waals surface area contributed by atoms with Gasteiger partial charge in [0.1, 0.15) is 0 Å². The number of likely N-dealkylation sites (N-methyl/N-ethyl adjacent to an activating group) is 1. The Bertz CT molecular complexity index is 402. The largest absolute Gasteiger partial charge is 0.305 e. The molecule has 1 unspecified atom stereocenters. The summed E-state index contributed by atoms with van der Waals surface area (Å²) in [6.45, 7) is 3.07. The Morgan fingerprint density at radius 2 is 2.11 bits per heavy atom. The number of piperidine rings is 1. The average Bonchev–Trinajstić information content (AvgIpc) is 2.42. The summed E-state index contributed by atoms with van der Waals surface area (Å²) in [5.41, 5.74) is 1.09. The lowest BCUT2D eigenvalue weighted by molar-refractivity contribution is 0.183. The number of rotatable bonds is 3. The van der Waals surface area contributed by atoms with Crippen molar-refractivity contribution < 1.29 is 0 Å². The molecule has 1 heterocycles. The number of hydrogen-bond donors (Lipinski definition) is 1. The fourth-order valence-corrected chi connectivity index (χ4v) is 2.37. The van der Waals surface area contributed by atoms with E-state index in [-0.39, 0.29) is 0 Å². The van der Waals surface area contributed by atoms with Crippen LogP contribution >= 0.6 is 0 Å². The summed E-state index contributed by atoms with van der Waals surface area (Å²) in [5, 5.41) is 3.44. The summed E-state index contributed by atoms with van der Waals surface area (Å²) in [6, 6.07) is 10.8. The van der Waals surface area contributed by atoms with E-state index in [9.17, 15) is 0 Å². The van der Waals surface area contributed by atoms with E-state index in [1.807, 2.05) is 30.3 Å². The molecule has 1 atom stereocenters. The van der Waals surface area contributed by atoms with Gasteiger partial charge >= 0.3 is 0 Å². The molecule has 0 amide bonds. The van der Waals surface area contributed by atoms with E-state index in [2.05, 4.69) is 29.1 Å². The lowest BCUT2D eigenvalue weighted by Gasteiger charge is -2.32. The third kappa shape index (κ3) is 4.18. The molecular weight excluding hydrogens is 220 g/mol. The van der Waals surface area contributed by atoms with E-state index < -0.39 is 0 Å². The van der Waals surface area contributed by atoms with Crippen LogP contribution in [0.15, 0.2) is 30.3 Å². The van der Waals surface area contributed by atoms with Gasteiger partial charge in [0.25, 0.3) is 0 Å². The monoisotopic (exact) mass is 242 g/mol. The van der Waals surface area contributed by atoms with Gasteiger partial charge in [-0.05, 0) is 38.6 Å². The van der Waals surface area contributed by atoms with Crippen molar-refractivity contribution in [2.45, 2.75) is 25.3 Å². The Morgan fingerprint density at radius 3 is 2.89 bits per heavy atom. The fourth-order valence-electron chi connectivity index (χ4n) is 2.37. The van der Waals surface area contributed by atoms with Crippen molar-refractivity contribution in [3.8, 4) is 11.8 Å². The lowest BCUT2D eigenvalue weighted by Crippen LogP contribution is -2.43. The zero-order valence-corrected chi connectivity index (χ0v) is 11.2. The van der Waals surface area contributed by atoms with Crippen LogP contribution in [-0.2, 0) is 0 Å². The third-order valence-electron chi connectivity index (χ3n) is 3.52. The van der Waals surface area contributed by atoms with Crippen LogP contribution in [0, 0.1) is 11.8 Å². The molecule has 0 bridgehead atoms. The molecule has 1 fully saturated rings. The summed E-state index contributed by atoms with van der Waals surface area (Å²) in [4.78, 5) is 2.46. The Morgan fingerprint density at radius 1 is 1.28 bits per heavy atom. The zero-order chi connectivity index (χ0) is 12.6. The molecule has 1 aromatic rings. The summed E-state index contributed by atoms with van der Waals surface area (Å²) >= 11 is 0. The maximum Gasteiger partial charge on any atom is 0.0580 e. The second-order valence-electron chi connectivity index (χ2n) is 4.93. The highest BCUT2D eigenvalue weighted by molar-refractivity contribution is 5.33. The van der Waals surface area contributed by atoms with Crippen LogP contribution in [0.4, 0.5) is 0 Å². The first-order chi connectivity index (χ1) is 8.86. The maximum absolute atomic E-state index is 3.44. The van der Waals surface area contributed by atoms with Crippen LogP contribution in [0.5, 0.6) is 0 Å². The van der Waals surface area contributed by atoms with E-state index >= 15 is 0 Å². The molecule has 1 aliphatic heterocycles. The molecule has 2 nitrogen and oxygen atoms in total. The number of likely N-dealkylation sites (tertiary alicyclic amines) is 1. The SMILES string of the molecule is CN1CCCCC1CNCC#Cc1ccccc1. The smallest absolute Gasteiger partial charge is 0.0580 e. The Balaban J connectivity index is 1.68. The molecule has 0 spiro atoms. The van der Waals surface area contributed by atoms with Crippen molar-refractivity contribution in [1.29, 1.82) is 0 Å². The van der Waals surface area contributed by atoms with Crippen molar-refractivity contribution in [2.24, 2.45) is 0 Å². The third-order valence-corrected chi connectivity index (χ3v) is 3.52. The van der Waals surface area contributed by atoms with Crippen LogP contribution in [0.1, 0.15) is 24.8 Å². The predicted octanol–water partition coefficient (Wildman–Crippen LogP) is 2.11. The molecule has 0 aliphatic carbocycles. The first-order valence-electron chi connectivity index (χ1n) is 6.81. The van der Waals surface area contributed by atoms with Gasteiger partial charge in [0.15, 0.2) is 0 Å². The van der Waals surface area contributed by atoms with E-state index in [1.54, 1.807) is 0 Å². The first kappa shape index (κ1) is 13.1. The standard InChI is InChI=1S/C16H22N2/c1-18-13-6-5-11-16(18)14-17-12-7-10-15-8-3-2-4-9-15/h2-4,8-9,16-17H,5-6,11-14H2,1H3. The van der Waals surface area contributed by atoms with Gasteiger partial charge in [0.2, 0.25) is 0 Å². The van der Waals surface area contributed by atoms with Gasteiger partial charge in [-0.25, -0.2) is 0 Å². The van der Waals surface area contributed by atoms with Crippen molar-refractivity contribution in [2.75, 3.05) is 26.7 Å². The normalized spacial score (nSPS) is 20.2. The Hall–Kier alpha value is -1.30. The quantitative estimate of drug-likeness (QED) is 0.645. The van der Waals surface area contributed by atoms with Crippen LogP contribution in [0.2, 0.25) is 0 Å². The van der Waals surface area contributed by atoms with Gasteiger partial charge in [0.05, 0.1) is 6.54 Å². The molecular formula is C16H22N2. The van der Waals surface area contributed by atoms with Crippen molar-refractivity contribution in [1.82, 2.24) is 10.2 Å². The van der Waals surface area contributed by atoms with Crippen molar-refractivity contribution >= 4 is 0 Å². The highest BCUT2D eigenvalue weighted by atomic mass is 15.2. The Kier molecular flexibility index (Phi) is 5.26. The zero-order valence-electron chi connectivity index (χ0n) is 11.2. The molecule has 1 aliphatic rings. The summed E-state index contributed by atoms with van der Waals surface area (Å²) < 4.78 is 0. The number of nitrogens with zero attached hydrogens (tertiary/aromatic N) is 1. The number of nitrogens with one attached hydrogen (secondary N) is 1. The molecule has 1 aromatic carbocycles. The average molecular weight is 242 g/mol. The van der Waals surface area contributed by atoms with Gasteiger partial charge in [-0.15, -0.1) is 0 Å². The second-order valence-corrected chi connectivity index (χ2v) is 4.93. The topological polar surface area (TPSA) is 15.3 Å². The van der Waals surface area contributed by atoms with Crippen LogP contribution in [0.25, 0.3) is 0 Å². The molecule has 96 valence electrons. The molecule has 0 saturated carbocycles. The summed E-state index contributed by atoms with van der Waals surface area (Å²) in [6.07, 6.45) is 4.03. The van der Waals surface area contributed by atoms with Crippen molar-refractivity contribution in [3.63, 3.8) is 0 Å². The van der Waals surface area contributed by atoms with E-state index in [0.29, 0.717) is 6.04 Å². The first-order valence-corrected chi connectivity index (χ1v) is 6.81. The molecule has 18 heavy (non-hydrogen) atoms. The van der Waals surface area contributed by atoms with E-state index in [1.165, 1.54) is 25.8 Å². The summed E-state index contributed by atoms with van der Waals surface area (Å²) in [7, 11) is 2.22. The second kappa shape index (κ2) is 7.20. The highest BCUT2D eigenvalue weighted by Gasteiger charge is 2.17. The molecule has 2 rings (SSSR count). The fraction of sp³-hybridized carbons (Fsp3) is 0.500.